The summed E-state index contributed by atoms with van der Waals surface area (Å²) in [6, 6.07) is -1.28. The van der Waals surface area contributed by atoms with Crippen molar-refractivity contribution < 1.29 is 19.8 Å². The van der Waals surface area contributed by atoms with Gasteiger partial charge in [-0.15, -0.1) is 0 Å². The Labute approximate surface area is 101 Å². The van der Waals surface area contributed by atoms with E-state index in [4.69, 9.17) is 5.11 Å². The average Bonchev–Trinajstić information content (AvgIpc) is 2.71. The first-order valence-electron chi connectivity index (χ1n) is 5.92. The Bertz CT molecular complexity index is 295. The van der Waals surface area contributed by atoms with E-state index in [1.54, 1.807) is 6.92 Å². The summed E-state index contributed by atoms with van der Waals surface area (Å²) in [6.45, 7) is 4.42. The minimum atomic E-state index is -1.02. The minimum absolute atomic E-state index is 0.121. The third-order valence-corrected chi connectivity index (χ3v) is 3.21. The van der Waals surface area contributed by atoms with E-state index >= 15 is 0 Å². The van der Waals surface area contributed by atoms with Crippen LogP contribution in [0.25, 0.3) is 0 Å². The van der Waals surface area contributed by atoms with Gasteiger partial charge in [0.25, 0.3) is 0 Å². The Balaban J connectivity index is 2.55. The van der Waals surface area contributed by atoms with Crippen molar-refractivity contribution in [3.05, 3.63) is 0 Å². The number of carbonyl (C=O) groups excluding carboxylic acids is 1. The number of nitrogens with one attached hydrogen (secondary N) is 1. The standard InChI is InChI=1S/C11H20N2O4/c1-3-7(2)9(10(15)16)12-11(17)13-5-4-8(14)6-13/h7-9,14H,3-6H2,1-2H3,(H,12,17)(H,15,16)/t7-,8?,9-/m0/s1. The van der Waals surface area contributed by atoms with Gasteiger partial charge in [0.2, 0.25) is 0 Å². The van der Waals surface area contributed by atoms with Gasteiger partial charge in [0.1, 0.15) is 6.04 Å². The van der Waals surface area contributed by atoms with Gasteiger partial charge >= 0.3 is 12.0 Å². The number of aliphatic hydroxyl groups is 1. The molecule has 0 aliphatic carbocycles. The second-order valence-corrected chi connectivity index (χ2v) is 4.54. The fourth-order valence-corrected chi connectivity index (χ4v) is 1.83. The molecule has 0 spiro atoms. The van der Waals surface area contributed by atoms with Crippen molar-refractivity contribution >= 4 is 12.0 Å². The SMILES string of the molecule is CC[C@H](C)[C@H](NC(=O)N1CCC(O)C1)C(=O)O. The first kappa shape index (κ1) is 13.8. The maximum Gasteiger partial charge on any atom is 0.326 e. The van der Waals surface area contributed by atoms with Crippen LogP contribution >= 0.6 is 0 Å². The van der Waals surface area contributed by atoms with Crippen LogP contribution in [-0.4, -0.2) is 52.3 Å². The molecule has 0 aromatic carbocycles. The Kier molecular flexibility index (Phi) is 4.74. The second-order valence-electron chi connectivity index (χ2n) is 4.54. The summed E-state index contributed by atoms with van der Waals surface area (Å²) in [5.41, 5.74) is 0. The lowest BCUT2D eigenvalue weighted by atomic mass is 9.99. The summed E-state index contributed by atoms with van der Waals surface area (Å²) < 4.78 is 0. The summed E-state index contributed by atoms with van der Waals surface area (Å²) in [7, 11) is 0. The molecule has 3 N–H and O–H groups in total. The van der Waals surface area contributed by atoms with Crippen LogP contribution in [0, 0.1) is 5.92 Å². The van der Waals surface area contributed by atoms with Crippen molar-refractivity contribution in [3.63, 3.8) is 0 Å². The highest BCUT2D eigenvalue weighted by Crippen LogP contribution is 2.12. The van der Waals surface area contributed by atoms with Crippen molar-refractivity contribution in [2.75, 3.05) is 13.1 Å². The third-order valence-electron chi connectivity index (χ3n) is 3.21. The maximum absolute atomic E-state index is 11.8. The number of urea groups is 1. The number of aliphatic hydroxyl groups excluding tert-OH is 1. The lowest BCUT2D eigenvalue weighted by Gasteiger charge is -2.24. The molecule has 1 heterocycles. The molecule has 1 rings (SSSR count). The molecule has 0 radical (unpaired) electrons. The zero-order valence-corrected chi connectivity index (χ0v) is 10.2. The van der Waals surface area contributed by atoms with Gasteiger partial charge in [0.15, 0.2) is 0 Å². The maximum atomic E-state index is 11.8. The van der Waals surface area contributed by atoms with E-state index in [-0.39, 0.29) is 12.5 Å². The fourth-order valence-electron chi connectivity index (χ4n) is 1.83. The summed E-state index contributed by atoms with van der Waals surface area (Å²) in [5, 5.41) is 20.9. The van der Waals surface area contributed by atoms with Gasteiger partial charge in [-0.1, -0.05) is 20.3 Å². The number of β-amino-alcohol motifs (C(OH)–C–C–N with tert-alkyl or cyclic N) is 1. The molecule has 3 atom stereocenters. The van der Waals surface area contributed by atoms with E-state index in [1.807, 2.05) is 6.92 Å². The van der Waals surface area contributed by atoms with E-state index in [0.29, 0.717) is 19.4 Å². The molecule has 0 bridgehead atoms. The average molecular weight is 244 g/mol. The lowest BCUT2D eigenvalue weighted by Crippen LogP contribution is -2.50. The monoisotopic (exact) mass is 244 g/mol. The van der Waals surface area contributed by atoms with Crippen molar-refractivity contribution in [1.29, 1.82) is 0 Å². The van der Waals surface area contributed by atoms with E-state index < -0.39 is 24.1 Å². The number of rotatable bonds is 4. The topological polar surface area (TPSA) is 89.9 Å². The van der Waals surface area contributed by atoms with Crippen LogP contribution in [0.5, 0.6) is 0 Å². The molecule has 1 aliphatic rings. The molecule has 1 aliphatic heterocycles. The van der Waals surface area contributed by atoms with E-state index in [1.165, 1.54) is 4.90 Å². The minimum Gasteiger partial charge on any atom is -0.480 e. The fraction of sp³-hybridized carbons (Fsp3) is 0.818. The number of carboxylic acids is 1. The lowest BCUT2D eigenvalue weighted by molar-refractivity contribution is -0.140. The predicted octanol–water partition coefficient (Wildman–Crippen LogP) is 0.262. The van der Waals surface area contributed by atoms with Gasteiger partial charge in [0.05, 0.1) is 6.10 Å². The second kappa shape index (κ2) is 5.86. The van der Waals surface area contributed by atoms with Crippen LogP contribution in [0.4, 0.5) is 4.79 Å². The summed E-state index contributed by atoms with van der Waals surface area (Å²) in [5.74, 6) is -1.14. The highest BCUT2D eigenvalue weighted by molar-refractivity contribution is 5.82. The number of aliphatic carboxylic acids is 1. The van der Waals surface area contributed by atoms with Crippen LogP contribution in [0.2, 0.25) is 0 Å². The number of amides is 2. The van der Waals surface area contributed by atoms with Crippen LogP contribution in [0.15, 0.2) is 0 Å². The van der Waals surface area contributed by atoms with Crippen LogP contribution < -0.4 is 5.32 Å². The zero-order valence-electron chi connectivity index (χ0n) is 10.2. The molecule has 6 heteroatoms. The number of nitrogens with zero attached hydrogens (tertiary/aromatic N) is 1. The highest BCUT2D eigenvalue weighted by Gasteiger charge is 2.30. The van der Waals surface area contributed by atoms with Crippen molar-refractivity contribution in [3.8, 4) is 0 Å². The van der Waals surface area contributed by atoms with Gasteiger partial charge in [-0.25, -0.2) is 9.59 Å². The molecular weight excluding hydrogens is 224 g/mol. The molecule has 0 saturated carbocycles. The van der Waals surface area contributed by atoms with Gasteiger partial charge in [0, 0.05) is 13.1 Å². The number of likely N-dealkylation sites (tertiary alicyclic amines) is 1. The van der Waals surface area contributed by atoms with E-state index in [0.717, 1.165) is 0 Å². The molecule has 2 amide bonds. The van der Waals surface area contributed by atoms with E-state index in [9.17, 15) is 14.7 Å². The summed E-state index contributed by atoms with van der Waals surface area (Å²) >= 11 is 0. The highest BCUT2D eigenvalue weighted by atomic mass is 16.4. The molecule has 98 valence electrons. The number of hydrogen-bond acceptors (Lipinski definition) is 3. The summed E-state index contributed by atoms with van der Waals surface area (Å²) in [4.78, 5) is 24.2. The normalized spacial score (nSPS) is 23.2. The van der Waals surface area contributed by atoms with Crippen LogP contribution in [0.3, 0.4) is 0 Å². The first-order chi connectivity index (χ1) is 7.95. The van der Waals surface area contributed by atoms with Gasteiger partial charge in [-0.05, 0) is 12.3 Å². The quantitative estimate of drug-likeness (QED) is 0.661. The third kappa shape index (κ3) is 3.59. The Morgan fingerprint density at radius 2 is 2.18 bits per heavy atom. The van der Waals surface area contributed by atoms with Crippen LogP contribution in [0.1, 0.15) is 26.7 Å². The van der Waals surface area contributed by atoms with Crippen molar-refractivity contribution in [2.45, 2.75) is 38.8 Å². The Morgan fingerprint density at radius 1 is 1.53 bits per heavy atom. The molecule has 0 aromatic heterocycles. The molecule has 0 aromatic rings. The summed E-state index contributed by atoms with van der Waals surface area (Å²) in [6.07, 6.45) is 0.738. The molecule has 1 saturated heterocycles. The van der Waals surface area contributed by atoms with Gasteiger partial charge < -0.3 is 20.4 Å². The smallest absolute Gasteiger partial charge is 0.326 e. The molecular formula is C11H20N2O4. The Hall–Kier alpha value is -1.30. The first-order valence-corrected chi connectivity index (χ1v) is 5.92. The molecule has 1 unspecified atom stereocenters. The van der Waals surface area contributed by atoms with Crippen molar-refractivity contribution in [2.24, 2.45) is 5.92 Å². The predicted molar refractivity (Wildman–Crippen MR) is 61.6 cm³/mol. The molecule has 17 heavy (non-hydrogen) atoms. The largest absolute Gasteiger partial charge is 0.480 e. The van der Waals surface area contributed by atoms with Crippen molar-refractivity contribution in [1.82, 2.24) is 10.2 Å². The van der Waals surface area contributed by atoms with Gasteiger partial charge in [-0.2, -0.15) is 0 Å². The van der Waals surface area contributed by atoms with E-state index in [2.05, 4.69) is 5.32 Å². The van der Waals surface area contributed by atoms with Crippen LogP contribution in [-0.2, 0) is 4.79 Å². The van der Waals surface area contributed by atoms with Gasteiger partial charge in [-0.3, -0.25) is 0 Å². The number of carbonyl (C=O) groups is 2. The number of carboxylic acid groups (broad SMARTS) is 1. The zero-order chi connectivity index (χ0) is 13.0. The number of hydrogen-bond donors (Lipinski definition) is 3. The molecule has 6 nitrogen and oxygen atoms in total. The Morgan fingerprint density at radius 3 is 2.59 bits per heavy atom. The molecule has 1 fully saturated rings.